The highest BCUT2D eigenvalue weighted by molar-refractivity contribution is 5.76. The summed E-state index contributed by atoms with van der Waals surface area (Å²) in [7, 11) is 0. The molecule has 1 N–H and O–H groups in total. The van der Waals surface area contributed by atoms with Crippen molar-refractivity contribution >= 4 is 29.1 Å². The van der Waals surface area contributed by atoms with Crippen LogP contribution >= 0.6 is 0 Å². The molecule has 4 atom stereocenters. The van der Waals surface area contributed by atoms with Gasteiger partial charge in [0.05, 0.1) is 0 Å². The van der Waals surface area contributed by atoms with Gasteiger partial charge >= 0.3 is 23.6 Å². The number of H-pyrrole nitrogens is 1. The van der Waals surface area contributed by atoms with Crippen molar-refractivity contribution in [2.45, 2.75) is 51.9 Å². The van der Waals surface area contributed by atoms with E-state index < -0.39 is 48.1 Å². The molecule has 0 bridgehead atoms. The van der Waals surface area contributed by atoms with Crippen LogP contribution < -0.4 is 10.4 Å². The van der Waals surface area contributed by atoms with E-state index in [1.807, 2.05) is 30.3 Å². The van der Waals surface area contributed by atoms with Crippen molar-refractivity contribution in [1.82, 2.24) is 19.5 Å². The van der Waals surface area contributed by atoms with Gasteiger partial charge in [0.2, 0.25) is 5.88 Å². The van der Waals surface area contributed by atoms with Crippen LogP contribution in [0.4, 0.5) is 0 Å². The molecule has 3 heterocycles. The Balaban J connectivity index is 1.71. The van der Waals surface area contributed by atoms with Crippen LogP contribution in [0.5, 0.6) is 5.88 Å². The van der Waals surface area contributed by atoms with Crippen molar-refractivity contribution in [3.05, 3.63) is 52.7 Å². The zero-order chi connectivity index (χ0) is 25.8. The van der Waals surface area contributed by atoms with Gasteiger partial charge in [0.15, 0.2) is 24.1 Å². The van der Waals surface area contributed by atoms with Crippen molar-refractivity contribution in [1.29, 1.82) is 0 Å². The second-order valence-electron chi connectivity index (χ2n) is 7.97. The Bertz CT molecular complexity index is 1320. The van der Waals surface area contributed by atoms with E-state index in [1.54, 1.807) is 0 Å². The lowest BCUT2D eigenvalue weighted by Gasteiger charge is -2.23. The van der Waals surface area contributed by atoms with E-state index in [2.05, 4.69) is 15.0 Å². The predicted molar refractivity (Wildman–Crippen MR) is 121 cm³/mol. The first-order valence-corrected chi connectivity index (χ1v) is 11.0. The van der Waals surface area contributed by atoms with Crippen LogP contribution in [0.1, 0.15) is 32.6 Å². The fourth-order valence-electron chi connectivity index (χ4n) is 3.89. The van der Waals surface area contributed by atoms with Crippen LogP contribution in [-0.4, -0.2) is 62.3 Å². The molecule has 0 amide bonds. The van der Waals surface area contributed by atoms with Gasteiger partial charge in [-0.2, -0.15) is 4.98 Å². The molecule has 1 saturated heterocycles. The highest BCUT2D eigenvalue weighted by atomic mass is 16.7. The smallest absolute Gasteiger partial charge is 0.330 e. The Labute approximate surface area is 204 Å². The molecule has 3 aromatic rings. The highest BCUT2D eigenvalue weighted by Gasteiger charge is 2.51. The molecule has 1 aromatic carbocycles. The standard InChI is InChI=1S/C23H24N4O9/c1-12(28)32-10-16-18(34-13(2)29)19(35-14(3)30)22(36-16)27-20-17(26-23(27)31)21(25-11-24-20)33-9-15-7-5-4-6-8-15/h4-8,11,16,18-19,22H,9-10H2,1-3H3,(H,26,31)/t16-,18-,19-,22-/m1/s1. The fraction of sp³-hybridized carbons (Fsp3) is 0.391. The molecule has 0 spiro atoms. The minimum absolute atomic E-state index is 0.106. The highest BCUT2D eigenvalue weighted by Crippen LogP contribution is 2.35. The molecule has 1 aliphatic heterocycles. The van der Waals surface area contributed by atoms with E-state index in [0.717, 1.165) is 17.1 Å². The number of aromatic nitrogens is 4. The number of hydrogen-bond acceptors (Lipinski definition) is 11. The second-order valence-corrected chi connectivity index (χ2v) is 7.97. The second kappa shape index (κ2) is 10.6. The Kier molecular flexibility index (Phi) is 7.29. The van der Waals surface area contributed by atoms with E-state index in [1.165, 1.54) is 20.2 Å². The van der Waals surface area contributed by atoms with E-state index >= 15 is 0 Å². The first kappa shape index (κ1) is 24.9. The van der Waals surface area contributed by atoms with E-state index in [9.17, 15) is 19.2 Å². The summed E-state index contributed by atoms with van der Waals surface area (Å²) in [4.78, 5) is 59.1. The Hall–Kier alpha value is -4.26. The zero-order valence-corrected chi connectivity index (χ0v) is 19.7. The maximum atomic E-state index is 13.1. The predicted octanol–water partition coefficient (Wildman–Crippen LogP) is 1.02. The number of carbonyl (C=O) groups is 3. The summed E-state index contributed by atoms with van der Waals surface area (Å²) >= 11 is 0. The third-order valence-corrected chi connectivity index (χ3v) is 5.28. The molecular weight excluding hydrogens is 476 g/mol. The van der Waals surface area contributed by atoms with Crippen molar-refractivity contribution in [3.8, 4) is 5.88 Å². The van der Waals surface area contributed by atoms with Crippen LogP contribution in [-0.2, 0) is 39.9 Å². The molecule has 0 radical (unpaired) electrons. The molecule has 4 rings (SSSR count). The molecule has 0 unspecified atom stereocenters. The number of esters is 3. The quantitative estimate of drug-likeness (QED) is 0.347. The molecule has 2 aromatic heterocycles. The number of rotatable bonds is 8. The fourth-order valence-corrected chi connectivity index (χ4v) is 3.89. The van der Waals surface area contributed by atoms with Crippen molar-refractivity contribution in [2.24, 2.45) is 0 Å². The topological polar surface area (TPSA) is 161 Å². The molecule has 0 saturated carbocycles. The summed E-state index contributed by atoms with van der Waals surface area (Å²) in [6.07, 6.45) is -3.49. The largest absolute Gasteiger partial charge is 0.471 e. The van der Waals surface area contributed by atoms with Gasteiger partial charge in [-0.05, 0) is 5.56 Å². The summed E-state index contributed by atoms with van der Waals surface area (Å²) in [6, 6.07) is 9.36. The number of carbonyl (C=O) groups excluding carboxylic acids is 3. The summed E-state index contributed by atoms with van der Waals surface area (Å²) in [6.45, 7) is 3.42. The summed E-state index contributed by atoms with van der Waals surface area (Å²) < 4.78 is 28.7. The number of fused-ring (bicyclic) bond motifs is 1. The number of nitrogens with one attached hydrogen (secondary N) is 1. The van der Waals surface area contributed by atoms with Crippen LogP contribution in [0.25, 0.3) is 11.2 Å². The third-order valence-electron chi connectivity index (χ3n) is 5.28. The minimum atomic E-state index is -1.27. The Morgan fingerprint density at radius 1 is 1.00 bits per heavy atom. The SMILES string of the molecule is CC(=O)OC[C@H]1O[C@@H](n2c(=O)[nH]c3c(OCc4ccccc4)ncnc32)[C@H](OC(C)=O)[C@@H]1OC(C)=O. The average molecular weight is 500 g/mol. The number of imidazole rings is 1. The van der Waals surface area contributed by atoms with E-state index in [-0.39, 0.29) is 30.3 Å². The van der Waals surface area contributed by atoms with Crippen molar-refractivity contribution in [2.75, 3.05) is 6.61 Å². The average Bonchev–Trinajstić information content (AvgIpc) is 3.32. The van der Waals surface area contributed by atoms with Crippen LogP contribution in [0.3, 0.4) is 0 Å². The van der Waals surface area contributed by atoms with Gasteiger partial charge in [0.1, 0.15) is 31.2 Å². The van der Waals surface area contributed by atoms with Crippen LogP contribution in [0.15, 0.2) is 41.5 Å². The first-order chi connectivity index (χ1) is 17.2. The number of hydrogen-bond donors (Lipinski definition) is 1. The van der Waals surface area contributed by atoms with Gasteiger partial charge in [-0.3, -0.25) is 19.4 Å². The summed E-state index contributed by atoms with van der Waals surface area (Å²) in [5.41, 5.74) is 0.524. The normalized spacial score (nSPS) is 21.2. The number of nitrogens with zero attached hydrogens (tertiary/aromatic N) is 3. The molecule has 0 aliphatic carbocycles. The molecule has 13 heteroatoms. The number of aromatic amines is 1. The zero-order valence-electron chi connectivity index (χ0n) is 19.7. The van der Waals surface area contributed by atoms with Crippen molar-refractivity contribution in [3.63, 3.8) is 0 Å². The minimum Gasteiger partial charge on any atom is -0.471 e. The van der Waals surface area contributed by atoms with E-state index in [0.29, 0.717) is 0 Å². The lowest BCUT2D eigenvalue weighted by atomic mass is 10.1. The molecule has 1 aliphatic rings. The van der Waals surface area contributed by atoms with Gasteiger partial charge in [0, 0.05) is 20.8 Å². The van der Waals surface area contributed by atoms with Gasteiger partial charge < -0.3 is 23.7 Å². The van der Waals surface area contributed by atoms with Crippen molar-refractivity contribution < 1.29 is 38.1 Å². The number of benzene rings is 1. The molecule has 36 heavy (non-hydrogen) atoms. The van der Waals surface area contributed by atoms with Crippen LogP contribution in [0.2, 0.25) is 0 Å². The third kappa shape index (κ3) is 5.35. The van der Waals surface area contributed by atoms with Crippen LogP contribution in [0, 0.1) is 0 Å². The monoisotopic (exact) mass is 500 g/mol. The number of ether oxygens (including phenoxy) is 5. The van der Waals surface area contributed by atoms with Gasteiger partial charge in [-0.1, -0.05) is 30.3 Å². The van der Waals surface area contributed by atoms with E-state index in [4.69, 9.17) is 23.7 Å². The van der Waals surface area contributed by atoms with Gasteiger partial charge in [-0.15, -0.1) is 0 Å². The maximum Gasteiger partial charge on any atom is 0.330 e. The Morgan fingerprint density at radius 2 is 1.69 bits per heavy atom. The first-order valence-electron chi connectivity index (χ1n) is 11.0. The molecule has 13 nitrogen and oxygen atoms in total. The summed E-state index contributed by atoms with van der Waals surface area (Å²) in [5, 5.41) is 0. The Morgan fingerprint density at radius 3 is 2.36 bits per heavy atom. The molecule has 190 valence electrons. The van der Waals surface area contributed by atoms with Gasteiger partial charge in [0.25, 0.3) is 0 Å². The lowest BCUT2D eigenvalue weighted by molar-refractivity contribution is -0.166. The molecular formula is C23H24N4O9. The summed E-state index contributed by atoms with van der Waals surface area (Å²) in [5.74, 6) is -1.85. The van der Waals surface area contributed by atoms with Gasteiger partial charge in [-0.25, -0.2) is 14.3 Å². The molecule has 1 fully saturated rings. The lowest BCUT2D eigenvalue weighted by Crippen LogP contribution is -2.41. The maximum absolute atomic E-state index is 13.1.